The molecule has 236 valence electrons. The number of carbonyl (C=O) groups excluding carboxylic acids is 3. The predicted molar refractivity (Wildman–Crippen MR) is 187 cm³/mol. The number of hydrogen-bond acceptors (Lipinski definition) is 6. The Bertz CT molecular complexity index is 1960. The molecule has 1 aliphatic heterocycles. The number of anilines is 2. The van der Waals surface area contributed by atoms with Crippen molar-refractivity contribution in [1.82, 2.24) is 5.32 Å². The maximum absolute atomic E-state index is 13.7. The molecule has 9 heteroatoms. The summed E-state index contributed by atoms with van der Waals surface area (Å²) in [6.45, 7) is 2.91. The molecule has 0 saturated carbocycles. The van der Waals surface area contributed by atoms with Gasteiger partial charge in [0.05, 0.1) is 5.25 Å². The van der Waals surface area contributed by atoms with Gasteiger partial charge >= 0.3 is 0 Å². The molecule has 6 rings (SSSR count). The summed E-state index contributed by atoms with van der Waals surface area (Å²) in [6, 6.07) is 35.1. The van der Waals surface area contributed by atoms with Gasteiger partial charge < -0.3 is 25.4 Å². The highest BCUT2D eigenvalue weighted by Crippen LogP contribution is 2.34. The van der Waals surface area contributed by atoms with E-state index in [1.165, 1.54) is 11.8 Å². The van der Waals surface area contributed by atoms with Gasteiger partial charge in [-0.2, -0.15) is 0 Å². The Morgan fingerprint density at radius 3 is 2.32 bits per heavy atom. The molecule has 0 spiro atoms. The Morgan fingerprint density at radius 1 is 0.766 bits per heavy atom. The van der Waals surface area contributed by atoms with Crippen LogP contribution in [0.15, 0.2) is 126 Å². The van der Waals surface area contributed by atoms with Crippen LogP contribution in [0.1, 0.15) is 29.3 Å². The first-order valence-corrected chi connectivity index (χ1v) is 16.2. The molecule has 3 amide bonds. The van der Waals surface area contributed by atoms with Crippen LogP contribution in [0.3, 0.4) is 0 Å². The van der Waals surface area contributed by atoms with E-state index < -0.39 is 11.8 Å². The fourth-order valence-electron chi connectivity index (χ4n) is 5.15. The monoisotopic (exact) mass is 643 g/mol. The lowest BCUT2D eigenvalue weighted by Gasteiger charge is -2.20. The van der Waals surface area contributed by atoms with Gasteiger partial charge in [-0.3, -0.25) is 14.4 Å². The highest BCUT2D eigenvalue weighted by atomic mass is 32.2. The SMILES string of the molecule is CCC(Sc1cccc(NC(=O)/C(=C\c2cccc3ccccc23)NC(=O)c2ccccc2)c1)C(=O)Nc1ccc2c(c1)OCCO2. The number of fused-ring (bicyclic) bond motifs is 2. The van der Waals surface area contributed by atoms with Crippen molar-refractivity contribution in [2.24, 2.45) is 0 Å². The van der Waals surface area contributed by atoms with Crippen LogP contribution >= 0.6 is 11.8 Å². The maximum Gasteiger partial charge on any atom is 0.272 e. The van der Waals surface area contributed by atoms with E-state index in [9.17, 15) is 14.4 Å². The fourth-order valence-corrected chi connectivity index (χ4v) is 6.16. The van der Waals surface area contributed by atoms with Crippen molar-refractivity contribution < 1.29 is 23.9 Å². The molecule has 5 aromatic rings. The number of hydrogen-bond donors (Lipinski definition) is 3. The van der Waals surface area contributed by atoms with Crippen molar-refractivity contribution in [3.63, 3.8) is 0 Å². The first kappa shape index (κ1) is 31.4. The molecule has 1 atom stereocenters. The normalized spacial score (nSPS) is 13.0. The molecular formula is C38H33N3O5S. The van der Waals surface area contributed by atoms with E-state index in [0.29, 0.717) is 48.1 Å². The summed E-state index contributed by atoms with van der Waals surface area (Å²) < 4.78 is 11.2. The van der Waals surface area contributed by atoms with Crippen LogP contribution in [0.5, 0.6) is 11.5 Å². The molecule has 1 heterocycles. The minimum absolute atomic E-state index is 0.0958. The second kappa shape index (κ2) is 14.7. The van der Waals surface area contributed by atoms with E-state index in [1.807, 2.05) is 73.7 Å². The molecule has 5 aromatic carbocycles. The molecule has 0 radical (unpaired) electrons. The molecule has 8 nitrogen and oxygen atoms in total. The number of carbonyl (C=O) groups is 3. The smallest absolute Gasteiger partial charge is 0.272 e. The summed E-state index contributed by atoms with van der Waals surface area (Å²) in [5.41, 5.74) is 2.48. The Morgan fingerprint density at radius 2 is 1.49 bits per heavy atom. The van der Waals surface area contributed by atoms with Gasteiger partial charge in [-0.15, -0.1) is 11.8 Å². The lowest BCUT2D eigenvalue weighted by molar-refractivity contribution is -0.116. The van der Waals surface area contributed by atoms with Crippen molar-refractivity contribution in [3.05, 3.63) is 132 Å². The average Bonchev–Trinajstić information content (AvgIpc) is 3.10. The van der Waals surface area contributed by atoms with Crippen molar-refractivity contribution >= 4 is 57.7 Å². The molecule has 3 N–H and O–H groups in total. The fraction of sp³-hybridized carbons (Fsp3) is 0.132. The van der Waals surface area contributed by atoms with Gasteiger partial charge in [0.2, 0.25) is 5.91 Å². The van der Waals surface area contributed by atoms with Gasteiger partial charge in [0.25, 0.3) is 11.8 Å². The lowest BCUT2D eigenvalue weighted by Crippen LogP contribution is -2.30. The summed E-state index contributed by atoms with van der Waals surface area (Å²) in [5.74, 6) is 0.239. The zero-order valence-electron chi connectivity index (χ0n) is 25.7. The zero-order chi connectivity index (χ0) is 32.6. The quantitative estimate of drug-likeness (QED) is 0.107. The van der Waals surface area contributed by atoms with Gasteiger partial charge in [-0.1, -0.05) is 73.7 Å². The summed E-state index contributed by atoms with van der Waals surface area (Å²) in [4.78, 5) is 40.9. The summed E-state index contributed by atoms with van der Waals surface area (Å²) in [6.07, 6.45) is 2.27. The molecule has 0 aliphatic carbocycles. The summed E-state index contributed by atoms with van der Waals surface area (Å²) in [7, 11) is 0. The molecule has 1 unspecified atom stereocenters. The second-order valence-electron chi connectivity index (χ2n) is 10.8. The number of thioether (sulfide) groups is 1. The topological polar surface area (TPSA) is 106 Å². The van der Waals surface area contributed by atoms with Gasteiger partial charge in [0.1, 0.15) is 18.9 Å². The van der Waals surface area contributed by atoms with E-state index in [2.05, 4.69) is 16.0 Å². The largest absolute Gasteiger partial charge is 0.486 e. The number of benzene rings is 5. The highest BCUT2D eigenvalue weighted by molar-refractivity contribution is 8.00. The Kier molecular flexibility index (Phi) is 9.84. The highest BCUT2D eigenvalue weighted by Gasteiger charge is 2.21. The first-order valence-electron chi connectivity index (χ1n) is 15.3. The Hall–Kier alpha value is -5.54. The van der Waals surface area contributed by atoms with E-state index >= 15 is 0 Å². The van der Waals surface area contributed by atoms with Gasteiger partial charge in [0.15, 0.2) is 11.5 Å². The molecule has 0 saturated heterocycles. The standard InChI is InChI=1S/C38H33N3O5S/c1-2-35(38(44)40-29-18-19-33-34(24-29)46-21-20-45-33)47-30-16-9-15-28(23-30)39-37(43)32(41-36(42)26-11-4-3-5-12-26)22-27-14-8-13-25-10-6-7-17-31(25)27/h3-19,22-24,35H,2,20-21H2,1H3,(H,39,43)(H,40,44)(H,41,42)/b32-22+. The van der Waals surface area contributed by atoms with Crippen LogP contribution in [0.25, 0.3) is 16.8 Å². The minimum Gasteiger partial charge on any atom is -0.486 e. The molecule has 47 heavy (non-hydrogen) atoms. The van der Waals surface area contributed by atoms with Crippen LogP contribution in [0.2, 0.25) is 0 Å². The van der Waals surface area contributed by atoms with Crippen molar-refractivity contribution in [1.29, 1.82) is 0 Å². The number of amides is 3. The maximum atomic E-state index is 13.7. The lowest BCUT2D eigenvalue weighted by atomic mass is 10.0. The molecule has 1 aliphatic rings. The van der Waals surface area contributed by atoms with Gasteiger partial charge in [-0.25, -0.2) is 0 Å². The number of ether oxygens (including phenoxy) is 2. The third kappa shape index (κ3) is 7.82. The van der Waals surface area contributed by atoms with E-state index in [1.54, 1.807) is 54.6 Å². The third-order valence-electron chi connectivity index (χ3n) is 7.50. The van der Waals surface area contributed by atoms with Crippen LogP contribution in [0.4, 0.5) is 11.4 Å². The van der Waals surface area contributed by atoms with Crippen molar-refractivity contribution in [2.75, 3.05) is 23.8 Å². The van der Waals surface area contributed by atoms with Crippen molar-refractivity contribution in [3.8, 4) is 11.5 Å². The Labute approximate surface area is 277 Å². The average molecular weight is 644 g/mol. The predicted octanol–water partition coefficient (Wildman–Crippen LogP) is 7.53. The van der Waals surface area contributed by atoms with E-state index in [0.717, 1.165) is 21.2 Å². The van der Waals surface area contributed by atoms with Gasteiger partial charge in [0, 0.05) is 27.9 Å². The number of rotatable bonds is 10. The third-order valence-corrected chi connectivity index (χ3v) is 8.85. The van der Waals surface area contributed by atoms with Crippen LogP contribution in [0, 0.1) is 0 Å². The Balaban J connectivity index is 1.19. The van der Waals surface area contributed by atoms with E-state index in [4.69, 9.17) is 9.47 Å². The molecule has 0 fully saturated rings. The van der Waals surface area contributed by atoms with Crippen molar-refractivity contribution in [2.45, 2.75) is 23.5 Å². The number of nitrogens with one attached hydrogen (secondary N) is 3. The second-order valence-corrected chi connectivity index (χ2v) is 12.1. The van der Waals surface area contributed by atoms with Crippen LogP contribution < -0.4 is 25.4 Å². The first-order chi connectivity index (χ1) is 23.0. The summed E-state index contributed by atoms with van der Waals surface area (Å²) >= 11 is 1.40. The molecular weight excluding hydrogens is 611 g/mol. The van der Waals surface area contributed by atoms with E-state index in [-0.39, 0.29) is 16.9 Å². The zero-order valence-corrected chi connectivity index (χ0v) is 26.5. The van der Waals surface area contributed by atoms with Crippen LogP contribution in [-0.2, 0) is 9.59 Å². The summed E-state index contributed by atoms with van der Waals surface area (Å²) in [5, 5.41) is 10.3. The molecule has 0 aromatic heterocycles. The molecule has 0 bridgehead atoms. The van der Waals surface area contributed by atoms with Gasteiger partial charge in [-0.05, 0) is 71.3 Å². The minimum atomic E-state index is -0.479. The van der Waals surface area contributed by atoms with Crippen LogP contribution in [-0.4, -0.2) is 36.2 Å².